The first-order chi connectivity index (χ1) is 22.7. The molecular formula is C37H58N4O5S. The van der Waals surface area contributed by atoms with Gasteiger partial charge in [-0.2, -0.15) is 12.7 Å². The van der Waals surface area contributed by atoms with Crippen LogP contribution >= 0.6 is 0 Å². The Labute approximate surface area is 284 Å². The number of fused-ring (bicyclic) bond motifs is 3. The molecule has 4 rings (SSSR count). The number of unbranched alkanes of at least 4 members (excludes halogenated alkanes) is 2. The molecule has 2 aromatic rings. The van der Waals surface area contributed by atoms with E-state index in [1.807, 2.05) is 26.0 Å². The van der Waals surface area contributed by atoms with Crippen molar-refractivity contribution in [2.24, 2.45) is 0 Å². The molecule has 1 unspecified atom stereocenters. The molecule has 47 heavy (non-hydrogen) atoms. The van der Waals surface area contributed by atoms with Crippen molar-refractivity contribution in [1.82, 2.24) is 18.5 Å². The van der Waals surface area contributed by atoms with Gasteiger partial charge >= 0.3 is 10.2 Å². The summed E-state index contributed by atoms with van der Waals surface area (Å²) in [6.45, 7) is 12.3. The van der Waals surface area contributed by atoms with Crippen molar-refractivity contribution in [3.05, 3.63) is 59.3 Å². The maximum atomic E-state index is 12.9. The second-order valence-electron chi connectivity index (χ2n) is 11.4. The third kappa shape index (κ3) is 13.0. The summed E-state index contributed by atoms with van der Waals surface area (Å²) in [5, 5.41) is 1.19. The number of benzene rings is 1. The summed E-state index contributed by atoms with van der Waals surface area (Å²) in [7, 11) is -1.05. The van der Waals surface area contributed by atoms with Crippen LogP contribution in [-0.2, 0) is 32.7 Å². The van der Waals surface area contributed by atoms with Gasteiger partial charge in [-0.25, -0.2) is 4.72 Å². The minimum atomic E-state index is -3.85. The topological polar surface area (TPSA) is 101 Å². The number of nitrogens with one attached hydrogen (secondary N) is 1. The molecule has 0 radical (unpaired) electrons. The number of morpholine rings is 1. The second kappa shape index (κ2) is 23.0. The van der Waals surface area contributed by atoms with E-state index in [0.717, 1.165) is 74.4 Å². The van der Waals surface area contributed by atoms with Gasteiger partial charge in [0.05, 0.1) is 13.2 Å². The Hall–Kier alpha value is -3.39. The third-order valence-corrected chi connectivity index (χ3v) is 9.53. The normalized spacial score (nSPS) is 16.7. The van der Waals surface area contributed by atoms with Gasteiger partial charge in [0.15, 0.2) is 0 Å². The zero-order valence-electron chi connectivity index (χ0n) is 29.5. The summed E-state index contributed by atoms with van der Waals surface area (Å²) in [5.41, 5.74) is 4.12. The van der Waals surface area contributed by atoms with Crippen LogP contribution in [0.4, 0.5) is 0 Å². The molecule has 1 atom stereocenters. The minimum Gasteiger partial charge on any atom is -0.378 e. The molecule has 1 N–H and O–H groups in total. The van der Waals surface area contributed by atoms with E-state index in [9.17, 15) is 18.0 Å². The maximum Gasteiger partial charge on any atom is 0.303 e. The smallest absolute Gasteiger partial charge is 0.303 e. The van der Waals surface area contributed by atoms with Gasteiger partial charge in [-0.05, 0) is 55.7 Å². The lowest BCUT2D eigenvalue weighted by atomic mass is 9.88. The van der Waals surface area contributed by atoms with Crippen molar-refractivity contribution in [3.63, 3.8) is 0 Å². The zero-order chi connectivity index (χ0) is 35.2. The molecule has 10 heteroatoms. The molecule has 1 saturated heterocycles. The van der Waals surface area contributed by atoms with Gasteiger partial charge in [-0.1, -0.05) is 77.3 Å². The first-order valence-corrected chi connectivity index (χ1v) is 18.5. The molecule has 262 valence electrons. The number of nitrogens with zero attached hydrogens (tertiary/aromatic N) is 3. The van der Waals surface area contributed by atoms with Gasteiger partial charge in [-0.15, -0.1) is 12.8 Å². The number of amides is 2. The molecule has 1 aromatic carbocycles. The van der Waals surface area contributed by atoms with E-state index < -0.39 is 16.1 Å². The fourth-order valence-electron chi connectivity index (χ4n) is 5.61. The number of rotatable bonds is 10. The number of carbonyl (C=O) groups is 2. The summed E-state index contributed by atoms with van der Waals surface area (Å²) in [6.07, 6.45) is 27.5. The first-order valence-electron chi connectivity index (χ1n) is 17.0. The number of aromatic nitrogens is 1. The van der Waals surface area contributed by atoms with Crippen LogP contribution < -0.4 is 4.72 Å². The van der Waals surface area contributed by atoms with Crippen LogP contribution in [0.1, 0.15) is 107 Å². The van der Waals surface area contributed by atoms with Crippen LogP contribution in [0.5, 0.6) is 0 Å². The van der Waals surface area contributed by atoms with Gasteiger partial charge in [-0.3, -0.25) is 9.59 Å². The monoisotopic (exact) mass is 670 g/mol. The molecule has 0 spiro atoms. The standard InChI is InChI=1S/C28H41N3O3S.C5H9NO2.C2H6.C2H2/c1-5-7-13-16-22(6-2)27-24-19-18-23(28(32)29-35(33,34)30(3)4)21-26(24)31-20-15-12-10-8-9-11-14-17-25(27)31;7-5-6-1-3-8-4-2-6;2*1-2/h8-9,11,14,18-19,21-22H,5-7,10,12-13,15-17,20H2,1-4H3,(H,29,32);5H,1-4H2;1-2H3;1-2H/b9-8-,14-11-;;;. The van der Waals surface area contributed by atoms with Gasteiger partial charge in [0.2, 0.25) is 6.41 Å². The predicted octanol–water partition coefficient (Wildman–Crippen LogP) is 6.84. The molecule has 0 bridgehead atoms. The minimum absolute atomic E-state index is 0.361. The Morgan fingerprint density at radius 2 is 1.72 bits per heavy atom. The van der Waals surface area contributed by atoms with Crippen LogP contribution in [-0.4, -0.2) is 74.9 Å². The number of carbonyl (C=O) groups excluding carboxylic acids is 2. The van der Waals surface area contributed by atoms with E-state index >= 15 is 0 Å². The molecule has 2 aliphatic heterocycles. The van der Waals surface area contributed by atoms with Crippen LogP contribution in [0, 0.1) is 12.8 Å². The van der Waals surface area contributed by atoms with Crippen molar-refractivity contribution in [2.75, 3.05) is 40.4 Å². The highest BCUT2D eigenvalue weighted by Crippen LogP contribution is 2.38. The third-order valence-electron chi connectivity index (χ3n) is 8.13. The molecule has 2 amide bonds. The molecule has 1 fully saturated rings. The fourth-order valence-corrected chi connectivity index (χ4v) is 6.14. The predicted molar refractivity (Wildman–Crippen MR) is 195 cm³/mol. The molecule has 9 nitrogen and oxygen atoms in total. The van der Waals surface area contributed by atoms with Crippen molar-refractivity contribution in [1.29, 1.82) is 0 Å². The number of allylic oxidation sites excluding steroid dienone is 4. The van der Waals surface area contributed by atoms with E-state index in [-0.39, 0.29) is 0 Å². The number of hydrogen-bond donors (Lipinski definition) is 1. The number of hydrogen-bond acceptors (Lipinski definition) is 5. The lowest BCUT2D eigenvalue weighted by Gasteiger charge is -2.21. The molecule has 1 aromatic heterocycles. The molecule has 2 aliphatic rings. The highest BCUT2D eigenvalue weighted by Gasteiger charge is 2.24. The first kappa shape index (κ1) is 41.6. The van der Waals surface area contributed by atoms with Crippen molar-refractivity contribution >= 4 is 33.4 Å². The molecule has 3 heterocycles. The van der Waals surface area contributed by atoms with E-state index in [1.54, 1.807) is 11.0 Å². The van der Waals surface area contributed by atoms with Gasteiger partial charge in [0.1, 0.15) is 0 Å². The van der Waals surface area contributed by atoms with Crippen LogP contribution in [0.3, 0.4) is 0 Å². The van der Waals surface area contributed by atoms with E-state index in [0.29, 0.717) is 24.7 Å². The quantitative estimate of drug-likeness (QED) is 0.170. The Morgan fingerprint density at radius 1 is 1.04 bits per heavy atom. The van der Waals surface area contributed by atoms with E-state index in [1.165, 1.54) is 50.0 Å². The summed E-state index contributed by atoms with van der Waals surface area (Å²) < 4.78 is 35.0. The Kier molecular flexibility index (Phi) is 20.4. The largest absolute Gasteiger partial charge is 0.378 e. The summed E-state index contributed by atoms with van der Waals surface area (Å²) >= 11 is 0. The van der Waals surface area contributed by atoms with Crippen LogP contribution in [0.15, 0.2) is 42.5 Å². The molecule has 0 saturated carbocycles. The fraction of sp³-hybridized carbons (Fsp3) is 0.568. The number of terminal acetylenes is 1. The highest BCUT2D eigenvalue weighted by molar-refractivity contribution is 7.87. The maximum absolute atomic E-state index is 12.9. The number of aryl methyl sites for hydroxylation is 1. The van der Waals surface area contributed by atoms with Crippen LogP contribution in [0.2, 0.25) is 0 Å². The molecule has 0 aliphatic carbocycles. The SMILES string of the molecule is C#C.CC.CCCCCC(CC)c1c2n(c3cc(C(=O)NS(=O)(=O)N(C)C)ccc13)CCCC/C=C\C=C/C2.O=CN1CCOCC1. The van der Waals surface area contributed by atoms with Crippen molar-refractivity contribution in [2.45, 2.75) is 97.9 Å². The Morgan fingerprint density at radius 3 is 2.32 bits per heavy atom. The summed E-state index contributed by atoms with van der Waals surface area (Å²) in [5.74, 6) is -0.142. The second-order valence-corrected chi connectivity index (χ2v) is 13.3. The Bertz CT molecular complexity index is 1400. The van der Waals surface area contributed by atoms with Gasteiger partial charge < -0.3 is 14.2 Å². The molecular weight excluding hydrogens is 612 g/mol. The summed E-state index contributed by atoms with van der Waals surface area (Å²) in [6, 6.07) is 5.67. The van der Waals surface area contributed by atoms with Crippen molar-refractivity contribution in [3.8, 4) is 12.8 Å². The Balaban J connectivity index is 0.000000783. The van der Waals surface area contributed by atoms with Gasteiger partial charge in [0, 0.05) is 62.3 Å². The summed E-state index contributed by atoms with van der Waals surface area (Å²) in [4.78, 5) is 24.6. The van der Waals surface area contributed by atoms with Gasteiger partial charge in [0.25, 0.3) is 5.91 Å². The lowest BCUT2D eigenvalue weighted by molar-refractivity contribution is -0.121. The van der Waals surface area contributed by atoms with E-state index in [2.05, 4.69) is 60.3 Å². The zero-order valence-corrected chi connectivity index (χ0v) is 30.4. The average molecular weight is 671 g/mol. The van der Waals surface area contributed by atoms with Crippen molar-refractivity contribution < 1.29 is 22.7 Å². The van der Waals surface area contributed by atoms with E-state index in [4.69, 9.17) is 4.74 Å². The number of ether oxygens (including phenoxy) is 1. The highest BCUT2D eigenvalue weighted by atomic mass is 32.2. The van der Waals surface area contributed by atoms with Crippen LogP contribution in [0.25, 0.3) is 10.9 Å². The average Bonchev–Trinajstić information content (AvgIpc) is 3.37. The lowest BCUT2D eigenvalue weighted by Crippen LogP contribution is -2.39.